The molecular formula is C21H27N5O2S. The maximum atomic E-state index is 13.0. The SMILES string of the molecule is CC1C(NC(=O)c2cc3c(N4CCN(C)CC4=O)csc3cn2)C2CCN1CC2. The molecule has 0 radical (unpaired) electrons. The number of fused-ring (bicyclic) bond motifs is 4. The van der Waals surface area contributed by atoms with Crippen molar-refractivity contribution < 1.29 is 9.59 Å². The fraction of sp³-hybridized carbons (Fsp3) is 0.571. The number of hydrogen-bond acceptors (Lipinski definition) is 6. The minimum atomic E-state index is -0.112. The Kier molecular flexibility index (Phi) is 4.80. The third-order valence-corrected chi connectivity index (χ3v) is 7.77. The topological polar surface area (TPSA) is 68.8 Å². The van der Waals surface area contributed by atoms with Crippen LogP contribution in [0.1, 0.15) is 30.3 Å². The number of thiophene rings is 1. The number of anilines is 1. The van der Waals surface area contributed by atoms with E-state index in [4.69, 9.17) is 0 Å². The van der Waals surface area contributed by atoms with Crippen LogP contribution in [0.5, 0.6) is 0 Å². The normalized spacial score (nSPS) is 30.1. The highest BCUT2D eigenvalue weighted by Gasteiger charge is 2.40. The fourth-order valence-corrected chi connectivity index (χ4v) is 5.97. The maximum Gasteiger partial charge on any atom is 0.270 e. The summed E-state index contributed by atoms with van der Waals surface area (Å²) < 4.78 is 1.000. The molecule has 2 aromatic rings. The van der Waals surface area contributed by atoms with E-state index >= 15 is 0 Å². The lowest BCUT2D eigenvalue weighted by atomic mass is 9.79. The van der Waals surface area contributed by atoms with E-state index in [1.54, 1.807) is 17.5 Å². The number of likely N-dealkylation sites (N-methyl/N-ethyl adjacent to an activating group) is 1. The van der Waals surface area contributed by atoms with Crippen LogP contribution >= 0.6 is 11.3 Å². The Balaban J connectivity index is 1.39. The van der Waals surface area contributed by atoms with E-state index in [9.17, 15) is 9.59 Å². The van der Waals surface area contributed by atoms with Crippen LogP contribution in [0.3, 0.4) is 0 Å². The summed E-state index contributed by atoms with van der Waals surface area (Å²) in [6, 6.07) is 2.41. The van der Waals surface area contributed by atoms with Gasteiger partial charge in [0.05, 0.1) is 16.9 Å². The van der Waals surface area contributed by atoms with Crippen molar-refractivity contribution >= 4 is 38.9 Å². The largest absolute Gasteiger partial charge is 0.346 e. The molecule has 8 heteroatoms. The number of nitrogens with zero attached hydrogens (tertiary/aromatic N) is 4. The first-order valence-electron chi connectivity index (χ1n) is 10.4. The lowest BCUT2D eigenvalue weighted by Crippen LogP contribution is -2.62. The number of pyridine rings is 1. The van der Waals surface area contributed by atoms with Gasteiger partial charge < -0.3 is 10.2 Å². The summed E-state index contributed by atoms with van der Waals surface area (Å²) in [5, 5.41) is 6.21. The molecule has 154 valence electrons. The zero-order chi connectivity index (χ0) is 20.1. The summed E-state index contributed by atoms with van der Waals surface area (Å²) in [5.41, 5.74) is 1.33. The second-order valence-electron chi connectivity index (χ2n) is 8.58. The molecule has 0 saturated carbocycles. The maximum absolute atomic E-state index is 13.0. The number of aromatic nitrogens is 1. The first-order valence-corrected chi connectivity index (χ1v) is 11.3. The van der Waals surface area contributed by atoms with Crippen LogP contribution in [0.2, 0.25) is 0 Å². The average Bonchev–Trinajstić information content (AvgIpc) is 3.14. The van der Waals surface area contributed by atoms with Crippen LogP contribution in [-0.2, 0) is 4.79 Å². The van der Waals surface area contributed by atoms with Crippen molar-refractivity contribution in [2.24, 2.45) is 5.92 Å². The number of piperazine rings is 1. The first-order chi connectivity index (χ1) is 14.0. The van der Waals surface area contributed by atoms with Crippen LogP contribution in [0, 0.1) is 5.92 Å². The van der Waals surface area contributed by atoms with Crippen molar-refractivity contribution in [1.29, 1.82) is 0 Å². The van der Waals surface area contributed by atoms with E-state index in [0.717, 1.165) is 48.2 Å². The molecule has 0 aromatic carbocycles. The number of amides is 2. The molecule has 29 heavy (non-hydrogen) atoms. The Hall–Kier alpha value is -2.03. The quantitative estimate of drug-likeness (QED) is 0.831. The predicted octanol–water partition coefficient (Wildman–Crippen LogP) is 1.79. The van der Waals surface area contributed by atoms with Gasteiger partial charge in [0.15, 0.2) is 0 Å². The van der Waals surface area contributed by atoms with Crippen LogP contribution in [0.25, 0.3) is 10.1 Å². The van der Waals surface area contributed by atoms with Crippen LogP contribution in [-0.4, -0.2) is 78.5 Å². The molecule has 2 bridgehead atoms. The Morgan fingerprint density at radius 1 is 1.24 bits per heavy atom. The zero-order valence-corrected chi connectivity index (χ0v) is 17.7. The molecule has 6 rings (SSSR count). The van der Waals surface area contributed by atoms with Gasteiger partial charge in [-0.05, 0) is 51.9 Å². The van der Waals surface area contributed by atoms with Crippen molar-refractivity contribution in [1.82, 2.24) is 20.1 Å². The molecule has 6 heterocycles. The first kappa shape index (κ1) is 19.0. The third kappa shape index (κ3) is 3.33. The number of carbonyl (C=O) groups is 2. The second kappa shape index (κ2) is 7.34. The van der Waals surface area contributed by atoms with Crippen LogP contribution in [0.4, 0.5) is 5.69 Å². The number of hydrogen-bond donors (Lipinski definition) is 1. The molecule has 0 spiro atoms. The molecule has 2 aromatic heterocycles. The van der Waals surface area contributed by atoms with Gasteiger partial charge in [0.25, 0.3) is 5.91 Å². The van der Waals surface area contributed by atoms with Gasteiger partial charge in [-0.15, -0.1) is 11.3 Å². The van der Waals surface area contributed by atoms with Crippen molar-refractivity contribution in [3.63, 3.8) is 0 Å². The van der Waals surface area contributed by atoms with E-state index in [0.29, 0.717) is 30.7 Å². The Bertz CT molecular complexity index is 950. The summed E-state index contributed by atoms with van der Waals surface area (Å²) in [5.74, 6) is 0.545. The summed E-state index contributed by atoms with van der Waals surface area (Å²) >= 11 is 1.57. The molecule has 4 aliphatic heterocycles. The smallest absolute Gasteiger partial charge is 0.270 e. The molecule has 4 saturated heterocycles. The second-order valence-corrected chi connectivity index (χ2v) is 9.49. The number of piperidine rings is 3. The highest BCUT2D eigenvalue weighted by Crippen LogP contribution is 2.35. The number of rotatable bonds is 3. The Morgan fingerprint density at radius 3 is 2.76 bits per heavy atom. The van der Waals surface area contributed by atoms with E-state index < -0.39 is 0 Å². The fourth-order valence-electron chi connectivity index (χ4n) is 5.07. The summed E-state index contributed by atoms with van der Waals surface area (Å²) in [6.45, 7) is 6.43. The summed E-state index contributed by atoms with van der Waals surface area (Å²) in [7, 11) is 1.96. The average molecular weight is 414 g/mol. The van der Waals surface area contributed by atoms with Gasteiger partial charge in [0, 0.05) is 42.1 Å². The van der Waals surface area contributed by atoms with Gasteiger partial charge in [0.1, 0.15) is 5.69 Å². The van der Waals surface area contributed by atoms with E-state index in [-0.39, 0.29) is 17.9 Å². The van der Waals surface area contributed by atoms with Gasteiger partial charge in [-0.25, -0.2) is 4.98 Å². The van der Waals surface area contributed by atoms with Crippen LogP contribution in [0.15, 0.2) is 17.6 Å². The Morgan fingerprint density at radius 2 is 2.03 bits per heavy atom. The number of carbonyl (C=O) groups excluding carboxylic acids is 2. The summed E-state index contributed by atoms with van der Waals surface area (Å²) in [4.78, 5) is 36.3. The van der Waals surface area contributed by atoms with Crippen LogP contribution < -0.4 is 10.2 Å². The van der Waals surface area contributed by atoms with Gasteiger partial charge >= 0.3 is 0 Å². The van der Waals surface area contributed by atoms with Crippen molar-refractivity contribution in [3.8, 4) is 0 Å². The third-order valence-electron chi connectivity index (χ3n) is 6.85. The molecule has 4 fully saturated rings. The standard InChI is InChI=1S/C21H27N5O2S/c1-13-20(14-3-5-25(13)6-4-14)23-21(28)16-9-15-17(12-29-18(15)10-22-16)26-8-7-24(2)11-19(26)27/h9-10,12-14,20H,3-8,11H2,1-2H3,(H,23,28). The van der Waals surface area contributed by atoms with Gasteiger partial charge in [0.2, 0.25) is 5.91 Å². The van der Waals surface area contributed by atoms with Crippen molar-refractivity contribution in [2.75, 3.05) is 44.7 Å². The van der Waals surface area contributed by atoms with Gasteiger partial charge in [-0.3, -0.25) is 19.4 Å². The monoisotopic (exact) mass is 413 g/mol. The molecule has 2 amide bonds. The molecular weight excluding hydrogens is 386 g/mol. The minimum Gasteiger partial charge on any atom is -0.346 e. The van der Waals surface area contributed by atoms with Crippen molar-refractivity contribution in [2.45, 2.75) is 31.8 Å². The van der Waals surface area contributed by atoms with E-state index in [2.05, 4.69) is 22.1 Å². The van der Waals surface area contributed by atoms with Crippen molar-refractivity contribution in [3.05, 3.63) is 23.3 Å². The zero-order valence-electron chi connectivity index (χ0n) is 16.9. The molecule has 2 unspecified atom stereocenters. The lowest BCUT2D eigenvalue weighted by Gasteiger charge is -2.49. The minimum absolute atomic E-state index is 0.0994. The molecule has 0 aliphatic carbocycles. The highest BCUT2D eigenvalue weighted by molar-refractivity contribution is 7.17. The number of nitrogens with one attached hydrogen (secondary N) is 1. The highest BCUT2D eigenvalue weighted by atomic mass is 32.1. The van der Waals surface area contributed by atoms with Gasteiger partial charge in [-0.1, -0.05) is 0 Å². The summed E-state index contributed by atoms with van der Waals surface area (Å²) in [6.07, 6.45) is 4.07. The van der Waals surface area contributed by atoms with E-state index in [1.807, 2.05) is 28.3 Å². The van der Waals surface area contributed by atoms with E-state index in [1.165, 1.54) is 0 Å². The van der Waals surface area contributed by atoms with Gasteiger partial charge in [-0.2, -0.15) is 0 Å². The molecule has 4 aliphatic rings. The molecule has 2 atom stereocenters. The Labute approximate surface area is 174 Å². The lowest BCUT2D eigenvalue weighted by molar-refractivity contribution is -0.120. The molecule has 1 N–H and O–H groups in total. The predicted molar refractivity (Wildman–Crippen MR) is 114 cm³/mol. The molecule has 7 nitrogen and oxygen atoms in total.